The third kappa shape index (κ3) is 4.42. The fourth-order valence-electron chi connectivity index (χ4n) is 2.24. The monoisotopic (exact) mass is 357 g/mol. The topological polar surface area (TPSA) is 81.9 Å². The normalized spacial score (nSPS) is 10.8. The number of thiophene rings is 1. The first-order valence-corrected chi connectivity index (χ1v) is 8.81. The third-order valence-electron chi connectivity index (χ3n) is 3.54. The second-order valence-electron chi connectivity index (χ2n) is 5.71. The van der Waals surface area contributed by atoms with Gasteiger partial charge in [0.15, 0.2) is 5.82 Å². The van der Waals surface area contributed by atoms with Crippen molar-refractivity contribution in [3.63, 3.8) is 0 Å². The Bertz CT molecular complexity index is 812. The molecule has 0 aliphatic carbocycles. The number of nitrogens with zero attached hydrogens (tertiary/aromatic N) is 4. The molecule has 0 unspecified atom stereocenters. The first-order valence-electron chi connectivity index (χ1n) is 7.93. The number of aromatic nitrogens is 4. The number of hydrogen-bond acceptors (Lipinski definition) is 6. The van der Waals surface area contributed by atoms with Crippen LogP contribution in [-0.2, 0) is 13.2 Å². The van der Waals surface area contributed by atoms with Crippen molar-refractivity contribution in [2.45, 2.75) is 33.0 Å². The maximum atomic E-state index is 12.1. The molecule has 0 saturated heterocycles. The summed E-state index contributed by atoms with van der Waals surface area (Å²) >= 11 is 1.62. The van der Waals surface area contributed by atoms with Crippen LogP contribution in [0, 0.1) is 0 Å². The van der Waals surface area contributed by atoms with Crippen LogP contribution in [0.4, 0.5) is 0 Å². The number of carbonyl (C=O) groups is 1. The van der Waals surface area contributed by atoms with Crippen LogP contribution in [0.1, 0.15) is 40.9 Å². The number of nitrogens with one attached hydrogen (secondary N) is 1. The Kier molecular flexibility index (Phi) is 5.39. The molecule has 130 valence electrons. The maximum Gasteiger partial charge on any atom is 0.251 e. The predicted molar refractivity (Wildman–Crippen MR) is 94.5 cm³/mol. The molecule has 0 bridgehead atoms. The number of hydrogen-bond donors (Lipinski definition) is 1. The molecular formula is C17H19N5O2S. The Morgan fingerprint density at radius 3 is 2.76 bits per heavy atom. The van der Waals surface area contributed by atoms with Gasteiger partial charge in [-0.2, -0.15) is 0 Å². The zero-order valence-corrected chi connectivity index (χ0v) is 14.9. The van der Waals surface area contributed by atoms with Crippen LogP contribution in [0.3, 0.4) is 0 Å². The van der Waals surface area contributed by atoms with Gasteiger partial charge in [-0.1, -0.05) is 6.07 Å². The van der Waals surface area contributed by atoms with Gasteiger partial charge in [-0.05, 0) is 60.0 Å². The van der Waals surface area contributed by atoms with Crippen LogP contribution in [0.2, 0.25) is 0 Å². The molecule has 7 nitrogen and oxygen atoms in total. The molecule has 0 aliphatic heterocycles. The minimum Gasteiger partial charge on any atom is -0.486 e. The minimum atomic E-state index is -0.108. The molecule has 2 heterocycles. The molecule has 3 aromatic rings. The van der Waals surface area contributed by atoms with Crippen LogP contribution in [0.15, 0.2) is 41.8 Å². The molecule has 1 N–H and O–H groups in total. The highest BCUT2D eigenvalue weighted by Crippen LogP contribution is 2.15. The number of carbonyl (C=O) groups excluding carboxylic acids is 1. The molecule has 1 aromatic carbocycles. The van der Waals surface area contributed by atoms with Crippen LogP contribution >= 0.6 is 11.3 Å². The summed E-state index contributed by atoms with van der Waals surface area (Å²) in [6.07, 6.45) is 0. The van der Waals surface area contributed by atoms with Crippen molar-refractivity contribution in [2.75, 3.05) is 0 Å². The Morgan fingerprint density at radius 1 is 1.28 bits per heavy atom. The zero-order chi connectivity index (χ0) is 17.6. The number of tetrazole rings is 1. The highest BCUT2D eigenvalue weighted by molar-refractivity contribution is 7.09. The number of amides is 1. The fourth-order valence-corrected chi connectivity index (χ4v) is 2.89. The SMILES string of the molecule is CC(C)n1nnnc1COc1ccc(C(=O)NCc2cccs2)cc1. The Labute approximate surface area is 149 Å². The lowest BCUT2D eigenvalue weighted by molar-refractivity contribution is 0.0951. The molecule has 0 aliphatic rings. The molecule has 0 atom stereocenters. The van der Waals surface area contributed by atoms with E-state index in [1.807, 2.05) is 31.4 Å². The van der Waals surface area contributed by atoms with E-state index in [-0.39, 0.29) is 18.6 Å². The van der Waals surface area contributed by atoms with E-state index in [1.165, 1.54) is 0 Å². The van der Waals surface area contributed by atoms with Crippen molar-refractivity contribution < 1.29 is 9.53 Å². The summed E-state index contributed by atoms with van der Waals surface area (Å²) in [5.41, 5.74) is 0.593. The van der Waals surface area contributed by atoms with Gasteiger partial charge in [-0.15, -0.1) is 16.4 Å². The molecule has 25 heavy (non-hydrogen) atoms. The van der Waals surface area contributed by atoms with Crippen molar-refractivity contribution >= 4 is 17.2 Å². The van der Waals surface area contributed by atoms with Crippen molar-refractivity contribution in [3.8, 4) is 5.75 Å². The van der Waals surface area contributed by atoms with E-state index in [2.05, 4.69) is 20.8 Å². The highest BCUT2D eigenvalue weighted by atomic mass is 32.1. The highest BCUT2D eigenvalue weighted by Gasteiger charge is 2.10. The first kappa shape index (κ1) is 17.1. The van der Waals surface area contributed by atoms with E-state index in [0.717, 1.165) is 4.88 Å². The van der Waals surface area contributed by atoms with Crippen molar-refractivity contribution in [3.05, 3.63) is 58.0 Å². The molecule has 0 radical (unpaired) electrons. The third-order valence-corrected chi connectivity index (χ3v) is 4.41. The van der Waals surface area contributed by atoms with Crippen LogP contribution in [0.5, 0.6) is 5.75 Å². The fraction of sp³-hybridized carbons (Fsp3) is 0.294. The smallest absolute Gasteiger partial charge is 0.251 e. The Hall–Kier alpha value is -2.74. The predicted octanol–water partition coefficient (Wildman–Crippen LogP) is 2.82. The zero-order valence-electron chi connectivity index (χ0n) is 14.0. The summed E-state index contributed by atoms with van der Waals surface area (Å²) in [7, 11) is 0. The van der Waals surface area contributed by atoms with Gasteiger partial charge in [0.2, 0.25) is 0 Å². The summed E-state index contributed by atoms with van der Waals surface area (Å²) in [5.74, 6) is 1.21. The number of ether oxygens (including phenoxy) is 1. The van der Waals surface area contributed by atoms with Gasteiger partial charge in [0.05, 0.1) is 12.6 Å². The largest absolute Gasteiger partial charge is 0.486 e. The molecule has 0 saturated carbocycles. The quantitative estimate of drug-likeness (QED) is 0.703. The number of benzene rings is 1. The summed E-state index contributed by atoms with van der Waals surface area (Å²) in [6.45, 7) is 4.81. The summed E-state index contributed by atoms with van der Waals surface area (Å²) in [5, 5.41) is 16.4. The van der Waals surface area contributed by atoms with E-state index in [9.17, 15) is 4.79 Å². The molecule has 0 spiro atoms. The molecule has 0 fully saturated rings. The van der Waals surface area contributed by atoms with Gasteiger partial charge in [-0.25, -0.2) is 4.68 Å². The van der Waals surface area contributed by atoms with E-state index in [1.54, 1.807) is 40.3 Å². The lowest BCUT2D eigenvalue weighted by Crippen LogP contribution is -2.22. The lowest BCUT2D eigenvalue weighted by Gasteiger charge is -2.09. The minimum absolute atomic E-state index is 0.108. The summed E-state index contributed by atoms with van der Waals surface area (Å²) in [4.78, 5) is 13.3. The van der Waals surface area contributed by atoms with E-state index < -0.39 is 0 Å². The van der Waals surface area contributed by atoms with Gasteiger partial charge < -0.3 is 10.1 Å². The Morgan fingerprint density at radius 2 is 2.08 bits per heavy atom. The van der Waals surface area contributed by atoms with Gasteiger partial charge >= 0.3 is 0 Å². The van der Waals surface area contributed by atoms with Gasteiger partial charge in [-0.3, -0.25) is 4.79 Å². The Balaban J connectivity index is 1.54. The average molecular weight is 357 g/mol. The van der Waals surface area contributed by atoms with Crippen LogP contribution in [-0.4, -0.2) is 26.1 Å². The van der Waals surface area contributed by atoms with E-state index in [4.69, 9.17) is 4.74 Å². The van der Waals surface area contributed by atoms with E-state index >= 15 is 0 Å². The second kappa shape index (κ2) is 7.89. The van der Waals surface area contributed by atoms with Gasteiger partial charge in [0.25, 0.3) is 5.91 Å². The standard InChI is InChI=1S/C17H19N5O2S/c1-12(2)22-16(19-20-21-22)11-24-14-7-5-13(6-8-14)17(23)18-10-15-4-3-9-25-15/h3-9,12H,10-11H2,1-2H3,(H,18,23). The van der Waals surface area contributed by atoms with Crippen LogP contribution in [0.25, 0.3) is 0 Å². The van der Waals surface area contributed by atoms with Gasteiger partial charge in [0.1, 0.15) is 12.4 Å². The molecule has 2 aromatic heterocycles. The average Bonchev–Trinajstić information content (AvgIpc) is 3.29. The summed E-state index contributed by atoms with van der Waals surface area (Å²) in [6, 6.07) is 11.1. The van der Waals surface area contributed by atoms with Crippen molar-refractivity contribution in [2.24, 2.45) is 0 Å². The summed E-state index contributed by atoms with van der Waals surface area (Å²) < 4.78 is 7.42. The molecule has 8 heteroatoms. The lowest BCUT2D eigenvalue weighted by atomic mass is 10.2. The molecule has 3 rings (SSSR count). The number of rotatable bonds is 7. The van der Waals surface area contributed by atoms with Crippen LogP contribution < -0.4 is 10.1 Å². The second-order valence-corrected chi connectivity index (χ2v) is 6.74. The van der Waals surface area contributed by atoms with Crippen molar-refractivity contribution in [1.82, 2.24) is 25.5 Å². The maximum absolute atomic E-state index is 12.1. The first-order chi connectivity index (χ1) is 12.1. The van der Waals surface area contributed by atoms with Gasteiger partial charge in [0, 0.05) is 10.4 Å². The molecular weight excluding hydrogens is 338 g/mol. The van der Waals surface area contributed by atoms with Crippen molar-refractivity contribution in [1.29, 1.82) is 0 Å². The van der Waals surface area contributed by atoms with E-state index in [0.29, 0.717) is 23.7 Å². The molecule has 1 amide bonds.